The Labute approximate surface area is 133 Å². The topological polar surface area (TPSA) is 59.9 Å². The van der Waals surface area contributed by atoms with Crippen molar-refractivity contribution in [3.05, 3.63) is 40.9 Å². The van der Waals surface area contributed by atoms with Crippen LogP contribution in [0.15, 0.2) is 40.4 Å². The summed E-state index contributed by atoms with van der Waals surface area (Å²) >= 11 is 3.38. The summed E-state index contributed by atoms with van der Waals surface area (Å²) in [6, 6.07) is 5.50. The lowest BCUT2D eigenvalue weighted by Gasteiger charge is -2.18. The molecule has 114 valence electrons. The quantitative estimate of drug-likeness (QED) is 0.496. The molecule has 6 heteroatoms. The lowest BCUT2D eigenvalue weighted by Crippen LogP contribution is -2.29. The van der Waals surface area contributed by atoms with Crippen LogP contribution in [0.4, 0.5) is 4.79 Å². The summed E-state index contributed by atoms with van der Waals surface area (Å²) < 4.78 is 11.5. The van der Waals surface area contributed by atoms with Crippen molar-refractivity contribution in [2.24, 2.45) is 5.10 Å². The Hall–Kier alpha value is -1.82. The number of hydrogen-bond acceptors (Lipinski definition) is 4. The van der Waals surface area contributed by atoms with Gasteiger partial charge in [0.15, 0.2) is 0 Å². The molecule has 1 amide bonds. The summed E-state index contributed by atoms with van der Waals surface area (Å²) in [6.45, 7) is 9.34. The monoisotopic (exact) mass is 354 g/mol. The summed E-state index contributed by atoms with van der Waals surface area (Å²) in [6.07, 6.45) is 2.54. The fourth-order valence-electron chi connectivity index (χ4n) is 1.36. The van der Waals surface area contributed by atoms with E-state index in [4.69, 9.17) is 9.47 Å². The molecule has 0 radical (unpaired) electrons. The van der Waals surface area contributed by atoms with Gasteiger partial charge in [-0.25, -0.2) is 10.2 Å². The lowest BCUT2D eigenvalue weighted by atomic mass is 10.2. The molecule has 0 bridgehead atoms. The molecule has 0 spiro atoms. The fourth-order valence-corrected chi connectivity index (χ4v) is 1.73. The van der Waals surface area contributed by atoms with Gasteiger partial charge in [0.2, 0.25) is 0 Å². The van der Waals surface area contributed by atoms with E-state index in [0.717, 1.165) is 10.0 Å². The normalized spacial score (nSPS) is 11.2. The molecule has 1 aromatic rings. The molecule has 0 atom stereocenters. The molecule has 0 saturated carbocycles. The number of carbonyl (C=O) groups is 1. The molecule has 0 aliphatic carbocycles. The second-order valence-corrected chi connectivity index (χ2v) is 6.07. The van der Waals surface area contributed by atoms with Crippen molar-refractivity contribution in [2.45, 2.75) is 26.4 Å². The Morgan fingerprint density at radius 1 is 1.48 bits per heavy atom. The van der Waals surface area contributed by atoms with Gasteiger partial charge in [-0.15, -0.1) is 0 Å². The Bertz CT molecular complexity index is 536. The van der Waals surface area contributed by atoms with Crippen molar-refractivity contribution in [1.29, 1.82) is 0 Å². The molecule has 0 aliphatic rings. The molecule has 0 fully saturated rings. The molecule has 1 N–H and O–H groups in total. The number of ether oxygens (including phenoxy) is 2. The van der Waals surface area contributed by atoms with Gasteiger partial charge in [-0.1, -0.05) is 28.6 Å². The summed E-state index contributed by atoms with van der Waals surface area (Å²) in [7, 11) is 0. The van der Waals surface area contributed by atoms with Crippen molar-refractivity contribution in [3.63, 3.8) is 0 Å². The molecule has 0 unspecified atom stereocenters. The first-order valence-corrected chi connectivity index (χ1v) is 7.16. The molecular formula is C15H19BrN2O3. The van der Waals surface area contributed by atoms with Crippen molar-refractivity contribution in [2.75, 3.05) is 6.61 Å². The number of hydrogen-bond donors (Lipinski definition) is 1. The van der Waals surface area contributed by atoms with Crippen LogP contribution in [0.25, 0.3) is 0 Å². The number of amides is 1. The molecule has 0 aromatic heterocycles. The van der Waals surface area contributed by atoms with Crippen molar-refractivity contribution in [3.8, 4) is 5.75 Å². The Kier molecular flexibility index (Phi) is 6.42. The van der Waals surface area contributed by atoms with E-state index in [1.807, 2.05) is 18.2 Å². The fraction of sp³-hybridized carbons (Fsp3) is 0.333. The van der Waals surface area contributed by atoms with Crippen LogP contribution in [0.5, 0.6) is 5.75 Å². The Morgan fingerprint density at radius 2 is 2.19 bits per heavy atom. The maximum Gasteiger partial charge on any atom is 0.428 e. The number of carbonyl (C=O) groups excluding carboxylic acids is 1. The summed E-state index contributed by atoms with van der Waals surface area (Å²) in [5, 5.41) is 3.86. The molecule has 0 saturated heterocycles. The third-order valence-corrected chi connectivity index (χ3v) is 2.58. The summed E-state index contributed by atoms with van der Waals surface area (Å²) in [5.74, 6) is 0.646. The average Bonchev–Trinajstić information content (AvgIpc) is 2.35. The molecule has 1 rings (SSSR count). The Morgan fingerprint density at radius 3 is 2.81 bits per heavy atom. The van der Waals surface area contributed by atoms with Gasteiger partial charge in [0.05, 0.1) is 6.21 Å². The van der Waals surface area contributed by atoms with E-state index in [1.165, 1.54) is 6.21 Å². The second kappa shape index (κ2) is 7.83. The molecule has 5 nitrogen and oxygen atoms in total. The number of rotatable bonds is 5. The van der Waals surface area contributed by atoms with Crippen molar-refractivity contribution < 1.29 is 14.3 Å². The van der Waals surface area contributed by atoms with E-state index < -0.39 is 11.7 Å². The van der Waals surface area contributed by atoms with Gasteiger partial charge in [0.25, 0.3) is 0 Å². The van der Waals surface area contributed by atoms with Gasteiger partial charge < -0.3 is 9.47 Å². The average molecular weight is 355 g/mol. The smallest absolute Gasteiger partial charge is 0.428 e. The van der Waals surface area contributed by atoms with Gasteiger partial charge in [-0.2, -0.15) is 5.10 Å². The Balaban J connectivity index is 2.72. The molecule has 0 aliphatic heterocycles. The zero-order valence-electron chi connectivity index (χ0n) is 12.4. The van der Waals surface area contributed by atoms with E-state index in [9.17, 15) is 4.79 Å². The van der Waals surface area contributed by atoms with Crippen LogP contribution >= 0.6 is 15.9 Å². The predicted molar refractivity (Wildman–Crippen MR) is 86.8 cm³/mol. The number of benzene rings is 1. The van der Waals surface area contributed by atoms with E-state index in [-0.39, 0.29) is 0 Å². The lowest BCUT2D eigenvalue weighted by molar-refractivity contribution is 0.0529. The van der Waals surface area contributed by atoms with Crippen LogP contribution < -0.4 is 10.2 Å². The minimum absolute atomic E-state index is 0.391. The van der Waals surface area contributed by atoms with Crippen LogP contribution in [0.3, 0.4) is 0 Å². The highest BCUT2D eigenvalue weighted by Gasteiger charge is 2.15. The first-order valence-electron chi connectivity index (χ1n) is 6.37. The van der Waals surface area contributed by atoms with E-state index in [0.29, 0.717) is 12.4 Å². The van der Waals surface area contributed by atoms with Gasteiger partial charge >= 0.3 is 6.09 Å². The van der Waals surface area contributed by atoms with E-state index in [1.54, 1.807) is 26.8 Å². The van der Waals surface area contributed by atoms with E-state index in [2.05, 4.69) is 33.0 Å². The third kappa shape index (κ3) is 6.94. The minimum atomic E-state index is -0.609. The molecule has 0 heterocycles. The minimum Gasteiger partial charge on any atom is -0.489 e. The van der Waals surface area contributed by atoms with Gasteiger partial charge in [-0.3, -0.25) is 0 Å². The highest BCUT2D eigenvalue weighted by atomic mass is 79.9. The van der Waals surface area contributed by atoms with Crippen molar-refractivity contribution in [1.82, 2.24) is 5.43 Å². The van der Waals surface area contributed by atoms with Gasteiger partial charge in [0, 0.05) is 10.0 Å². The van der Waals surface area contributed by atoms with Crippen LogP contribution in [0.1, 0.15) is 26.3 Å². The van der Waals surface area contributed by atoms with Crippen LogP contribution in [0, 0.1) is 0 Å². The molecule has 1 aromatic carbocycles. The van der Waals surface area contributed by atoms with Crippen LogP contribution in [-0.4, -0.2) is 24.5 Å². The summed E-state index contributed by atoms with van der Waals surface area (Å²) in [4.78, 5) is 11.5. The van der Waals surface area contributed by atoms with Crippen LogP contribution in [0.2, 0.25) is 0 Å². The number of nitrogens with one attached hydrogen (secondary N) is 1. The molecule has 21 heavy (non-hydrogen) atoms. The van der Waals surface area contributed by atoms with Crippen molar-refractivity contribution >= 4 is 28.2 Å². The van der Waals surface area contributed by atoms with Crippen LogP contribution in [-0.2, 0) is 4.74 Å². The number of nitrogens with zero attached hydrogens (tertiary/aromatic N) is 1. The zero-order valence-corrected chi connectivity index (χ0v) is 13.9. The number of halogens is 1. The molecular weight excluding hydrogens is 336 g/mol. The van der Waals surface area contributed by atoms with Gasteiger partial charge in [0.1, 0.15) is 18.0 Å². The SMILES string of the molecule is C=CCOc1ccc(Br)cc1C=NNC(=O)OC(C)(C)C. The standard InChI is InChI=1S/C15H19BrN2O3/c1-5-8-20-13-7-6-12(16)9-11(13)10-17-18-14(19)21-15(2,3)4/h5-7,9-10H,1,8H2,2-4H3,(H,18,19). The van der Waals surface area contributed by atoms with Gasteiger partial charge in [-0.05, 0) is 39.0 Å². The maximum absolute atomic E-state index is 11.5. The highest BCUT2D eigenvalue weighted by Crippen LogP contribution is 2.21. The summed E-state index contributed by atoms with van der Waals surface area (Å²) in [5.41, 5.74) is 2.47. The first kappa shape index (κ1) is 17.2. The third-order valence-electron chi connectivity index (χ3n) is 2.09. The predicted octanol–water partition coefficient (Wildman–Crippen LogP) is 3.87. The zero-order chi connectivity index (χ0) is 15.9. The highest BCUT2D eigenvalue weighted by molar-refractivity contribution is 9.10. The number of hydrazone groups is 1. The van der Waals surface area contributed by atoms with E-state index >= 15 is 0 Å². The maximum atomic E-state index is 11.5. The largest absolute Gasteiger partial charge is 0.489 e. The second-order valence-electron chi connectivity index (χ2n) is 5.15. The first-order chi connectivity index (χ1) is 9.81.